The fourth-order valence-corrected chi connectivity index (χ4v) is 1.95. The van der Waals surface area contributed by atoms with Gasteiger partial charge in [0, 0.05) is 12.6 Å². The van der Waals surface area contributed by atoms with E-state index < -0.39 is 12.1 Å². The van der Waals surface area contributed by atoms with Crippen LogP contribution in [0.1, 0.15) is 32.4 Å². The summed E-state index contributed by atoms with van der Waals surface area (Å²) < 4.78 is 13.7. The van der Waals surface area contributed by atoms with Crippen LogP contribution in [0, 0.1) is 11.7 Å². The third-order valence-corrected chi connectivity index (χ3v) is 3.76. The summed E-state index contributed by atoms with van der Waals surface area (Å²) in [5.74, 6) is -1.04. The van der Waals surface area contributed by atoms with Crippen molar-refractivity contribution in [1.29, 1.82) is 0 Å². The number of halogens is 2. The number of nitrogens with zero attached hydrogens (tertiary/aromatic N) is 1. The number of nitrogens with one attached hydrogen (secondary N) is 1. The van der Waals surface area contributed by atoms with E-state index in [2.05, 4.69) is 5.32 Å². The van der Waals surface area contributed by atoms with Gasteiger partial charge in [-0.1, -0.05) is 32.0 Å². The van der Waals surface area contributed by atoms with Crippen LogP contribution in [-0.2, 0) is 9.59 Å². The first-order valence-electron chi connectivity index (χ1n) is 7.29. The highest BCUT2D eigenvalue weighted by Gasteiger charge is 2.22. The van der Waals surface area contributed by atoms with E-state index in [4.69, 9.17) is 5.73 Å². The van der Waals surface area contributed by atoms with Crippen LogP contribution in [0.25, 0.3) is 0 Å². The van der Waals surface area contributed by atoms with E-state index in [0.29, 0.717) is 5.56 Å². The van der Waals surface area contributed by atoms with Gasteiger partial charge in [0.1, 0.15) is 5.82 Å². The van der Waals surface area contributed by atoms with Gasteiger partial charge in [-0.2, -0.15) is 0 Å². The summed E-state index contributed by atoms with van der Waals surface area (Å²) in [6, 6.07) is 5.23. The lowest BCUT2D eigenvalue weighted by Gasteiger charge is -2.26. The standard InChI is InChI=1S/C16H24FN3O2.ClH/c1-10(2)15(18)16(22)19-9-14(21)20(4)11(3)12-7-5-6-8-13(12)17;/h5-8,10-11,15H,9,18H2,1-4H3,(H,19,22);1H/t11?,15-;/m0./s1. The zero-order chi connectivity index (χ0) is 16.9. The molecule has 2 atom stereocenters. The van der Waals surface area contributed by atoms with Gasteiger partial charge in [0.15, 0.2) is 0 Å². The van der Waals surface area contributed by atoms with E-state index in [0.717, 1.165) is 0 Å². The second kappa shape index (κ2) is 9.47. The highest BCUT2D eigenvalue weighted by molar-refractivity contribution is 5.87. The second-order valence-electron chi connectivity index (χ2n) is 5.69. The molecule has 7 heteroatoms. The molecular weight excluding hydrogens is 321 g/mol. The highest BCUT2D eigenvalue weighted by Crippen LogP contribution is 2.21. The van der Waals surface area contributed by atoms with Gasteiger partial charge in [-0.15, -0.1) is 12.4 Å². The highest BCUT2D eigenvalue weighted by atomic mass is 35.5. The van der Waals surface area contributed by atoms with Crippen LogP contribution in [0.15, 0.2) is 24.3 Å². The molecule has 0 aromatic heterocycles. The molecule has 1 unspecified atom stereocenters. The largest absolute Gasteiger partial charge is 0.346 e. The third-order valence-electron chi connectivity index (χ3n) is 3.76. The normalized spacial score (nSPS) is 13.0. The molecule has 0 aliphatic carbocycles. The number of carbonyl (C=O) groups excluding carboxylic acids is 2. The number of carbonyl (C=O) groups is 2. The Labute approximate surface area is 142 Å². The van der Waals surface area contributed by atoms with Crippen molar-refractivity contribution in [3.8, 4) is 0 Å². The maximum atomic E-state index is 13.7. The maximum absolute atomic E-state index is 13.7. The van der Waals surface area contributed by atoms with Crippen LogP contribution in [0.5, 0.6) is 0 Å². The van der Waals surface area contributed by atoms with Crippen molar-refractivity contribution in [2.75, 3.05) is 13.6 Å². The Morgan fingerprint density at radius 1 is 1.26 bits per heavy atom. The van der Waals surface area contributed by atoms with Crippen molar-refractivity contribution >= 4 is 24.2 Å². The van der Waals surface area contributed by atoms with Crippen molar-refractivity contribution in [2.45, 2.75) is 32.9 Å². The number of rotatable bonds is 6. The average Bonchev–Trinajstić information content (AvgIpc) is 2.50. The molecule has 1 rings (SSSR count). The Bertz CT molecular complexity index is 540. The number of hydrogen-bond donors (Lipinski definition) is 2. The Kier molecular flexibility index (Phi) is 8.79. The monoisotopic (exact) mass is 345 g/mol. The quantitative estimate of drug-likeness (QED) is 0.826. The first kappa shape index (κ1) is 21.3. The van der Waals surface area contributed by atoms with Gasteiger partial charge in [0.25, 0.3) is 0 Å². The lowest BCUT2D eigenvalue weighted by molar-refractivity contribution is -0.133. The Hall–Kier alpha value is -1.66. The van der Waals surface area contributed by atoms with E-state index >= 15 is 0 Å². The summed E-state index contributed by atoms with van der Waals surface area (Å²) in [6.07, 6.45) is 0. The third kappa shape index (κ3) is 5.80. The van der Waals surface area contributed by atoms with Gasteiger partial charge >= 0.3 is 0 Å². The van der Waals surface area contributed by atoms with Crippen LogP contribution in [0.3, 0.4) is 0 Å². The minimum atomic E-state index is -0.651. The van der Waals surface area contributed by atoms with Crippen LogP contribution < -0.4 is 11.1 Å². The van der Waals surface area contributed by atoms with Crippen molar-refractivity contribution in [3.05, 3.63) is 35.6 Å². The number of benzene rings is 1. The Morgan fingerprint density at radius 2 is 1.83 bits per heavy atom. The van der Waals surface area contributed by atoms with Gasteiger partial charge in [-0.3, -0.25) is 9.59 Å². The first-order valence-corrected chi connectivity index (χ1v) is 7.29. The van der Waals surface area contributed by atoms with Crippen LogP contribution in [0.4, 0.5) is 4.39 Å². The number of amides is 2. The molecule has 0 spiro atoms. The number of likely N-dealkylation sites (N-methyl/N-ethyl adjacent to an activating group) is 1. The molecule has 3 N–H and O–H groups in total. The average molecular weight is 346 g/mol. The lowest BCUT2D eigenvalue weighted by atomic mass is 10.1. The van der Waals surface area contributed by atoms with Gasteiger partial charge in [-0.05, 0) is 18.9 Å². The first-order chi connectivity index (χ1) is 10.3. The Balaban J connectivity index is 0.00000484. The molecule has 0 fully saturated rings. The fourth-order valence-electron chi connectivity index (χ4n) is 1.95. The maximum Gasteiger partial charge on any atom is 0.242 e. The predicted octanol–water partition coefficient (Wildman–Crippen LogP) is 1.87. The molecule has 0 radical (unpaired) electrons. The zero-order valence-corrected chi connectivity index (χ0v) is 14.7. The molecule has 0 aliphatic rings. The summed E-state index contributed by atoms with van der Waals surface area (Å²) in [4.78, 5) is 25.3. The second-order valence-corrected chi connectivity index (χ2v) is 5.69. The molecule has 0 bridgehead atoms. The fraction of sp³-hybridized carbons (Fsp3) is 0.500. The molecule has 2 amide bonds. The predicted molar refractivity (Wildman–Crippen MR) is 90.7 cm³/mol. The summed E-state index contributed by atoms with van der Waals surface area (Å²) in [6.45, 7) is 5.24. The van der Waals surface area contributed by atoms with E-state index in [1.165, 1.54) is 11.0 Å². The van der Waals surface area contributed by atoms with Crippen molar-refractivity contribution < 1.29 is 14.0 Å². The van der Waals surface area contributed by atoms with Gasteiger partial charge in [-0.25, -0.2) is 4.39 Å². The molecule has 1 aromatic rings. The van der Waals surface area contributed by atoms with Gasteiger partial charge in [0.2, 0.25) is 11.8 Å². The van der Waals surface area contributed by atoms with Crippen LogP contribution in [-0.4, -0.2) is 36.3 Å². The lowest BCUT2D eigenvalue weighted by Crippen LogP contribution is -2.47. The number of nitrogens with two attached hydrogens (primary N) is 1. The van der Waals surface area contributed by atoms with Crippen molar-refractivity contribution in [1.82, 2.24) is 10.2 Å². The zero-order valence-electron chi connectivity index (χ0n) is 13.9. The molecule has 0 heterocycles. The van der Waals surface area contributed by atoms with Crippen molar-refractivity contribution in [3.63, 3.8) is 0 Å². The Morgan fingerprint density at radius 3 is 2.35 bits per heavy atom. The summed E-state index contributed by atoms with van der Waals surface area (Å²) >= 11 is 0. The topological polar surface area (TPSA) is 75.4 Å². The molecule has 130 valence electrons. The molecule has 0 aliphatic heterocycles. The molecule has 1 aromatic carbocycles. The summed E-state index contributed by atoms with van der Waals surface area (Å²) in [5.41, 5.74) is 6.14. The summed E-state index contributed by atoms with van der Waals surface area (Å²) in [5, 5.41) is 2.52. The van der Waals surface area contributed by atoms with Crippen LogP contribution in [0.2, 0.25) is 0 Å². The summed E-state index contributed by atoms with van der Waals surface area (Å²) in [7, 11) is 1.58. The minimum Gasteiger partial charge on any atom is -0.346 e. The molecule has 23 heavy (non-hydrogen) atoms. The van der Waals surface area contributed by atoms with E-state index in [1.807, 2.05) is 13.8 Å². The number of hydrogen-bond acceptors (Lipinski definition) is 3. The molecular formula is C16H25ClFN3O2. The smallest absolute Gasteiger partial charge is 0.242 e. The van der Waals surface area contributed by atoms with Gasteiger partial charge < -0.3 is 16.0 Å². The van der Waals surface area contributed by atoms with Gasteiger partial charge in [0.05, 0.1) is 18.6 Å². The van der Waals surface area contributed by atoms with E-state index in [9.17, 15) is 14.0 Å². The van der Waals surface area contributed by atoms with E-state index in [1.54, 1.807) is 32.2 Å². The SMILES string of the molecule is CC(C)[C@H](N)C(=O)NCC(=O)N(C)C(C)c1ccccc1F.Cl. The van der Waals surface area contributed by atoms with Crippen molar-refractivity contribution in [2.24, 2.45) is 11.7 Å². The molecule has 0 saturated heterocycles. The molecule has 5 nitrogen and oxygen atoms in total. The minimum absolute atomic E-state index is 0. The molecule has 0 saturated carbocycles. The van der Waals surface area contributed by atoms with E-state index in [-0.39, 0.29) is 42.5 Å². The van der Waals surface area contributed by atoms with Crippen LogP contribution >= 0.6 is 12.4 Å².